The van der Waals surface area contributed by atoms with Gasteiger partial charge in [-0.2, -0.15) is 0 Å². The first-order valence-electron chi connectivity index (χ1n) is 13.3. The molecule has 0 bridgehead atoms. The van der Waals surface area contributed by atoms with E-state index in [1.165, 1.54) is 82.6 Å². The summed E-state index contributed by atoms with van der Waals surface area (Å²) in [6, 6.07) is 0. The van der Waals surface area contributed by atoms with Crippen molar-refractivity contribution < 1.29 is 4.79 Å². The molecule has 0 spiro atoms. The summed E-state index contributed by atoms with van der Waals surface area (Å²) in [5.41, 5.74) is 2.54. The van der Waals surface area contributed by atoms with Crippen LogP contribution in [0.4, 0.5) is 0 Å². The zero-order valence-corrected chi connectivity index (χ0v) is 21.4. The maximum Gasteiger partial charge on any atom is 0.126 e. The summed E-state index contributed by atoms with van der Waals surface area (Å²) in [7, 11) is 0. The topological polar surface area (TPSA) is 29.1 Å². The number of hydrogen-bond acceptors (Lipinski definition) is 2. The van der Waals surface area contributed by atoms with Crippen molar-refractivity contribution in [3.05, 3.63) is 12.2 Å². The Hall–Kier alpha value is -0.630. The molecule has 1 heterocycles. The molecule has 2 heteroatoms. The average Bonchev–Trinajstić information content (AvgIpc) is 3.11. The normalized spacial score (nSPS) is 49.9. The van der Waals surface area contributed by atoms with E-state index >= 15 is 0 Å². The fraction of sp³-hybridized carbons (Fsp3) is 0.897. The van der Waals surface area contributed by atoms with Crippen LogP contribution in [0, 0.1) is 45.8 Å². The van der Waals surface area contributed by atoms with E-state index in [9.17, 15) is 4.79 Å². The lowest BCUT2D eigenvalue weighted by atomic mass is 9.38. The second kappa shape index (κ2) is 8.00. The van der Waals surface area contributed by atoms with Gasteiger partial charge in [0.15, 0.2) is 0 Å². The van der Waals surface area contributed by atoms with Crippen molar-refractivity contribution in [3.63, 3.8) is 0 Å². The molecule has 31 heavy (non-hydrogen) atoms. The van der Waals surface area contributed by atoms with E-state index in [1.54, 1.807) is 0 Å². The highest BCUT2D eigenvalue weighted by Crippen LogP contribution is 2.71. The Morgan fingerprint density at radius 3 is 2.23 bits per heavy atom. The summed E-state index contributed by atoms with van der Waals surface area (Å²) in [5.74, 6) is 4.13. The number of hydrogen-bond donors (Lipinski definition) is 1. The van der Waals surface area contributed by atoms with E-state index in [1.807, 2.05) is 13.8 Å². The molecule has 4 aliphatic carbocycles. The van der Waals surface area contributed by atoms with Crippen LogP contribution >= 0.6 is 0 Å². The van der Waals surface area contributed by atoms with Crippen LogP contribution in [0.2, 0.25) is 0 Å². The smallest absolute Gasteiger partial charge is 0.126 e. The fourth-order valence-corrected chi connectivity index (χ4v) is 10.1. The standard InChI is InChI=1S/C25H41NO.C4H8/c1-22(2)20-10-12-23(3)18-9-13-25(16-27)11-5-6-19(25)17(18)7-8-21(23)24(20,4)14-15-26-22;1-4(2)3/h16-21,26H,5-15H2,1-4H3;1H2,2-3H3/t17?,18?,19-,20?,21?,23?,24?,25?;/m1./s1. The number of aldehydes is 1. The summed E-state index contributed by atoms with van der Waals surface area (Å²) in [6.07, 6.45) is 14.7. The zero-order chi connectivity index (χ0) is 22.7. The van der Waals surface area contributed by atoms with Crippen molar-refractivity contribution in [1.82, 2.24) is 5.32 Å². The van der Waals surface area contributed by atoms with Crippen molar-refractivity contribution in [3.8, 4) is 0 Å². The van der Waals surface area contributed by atoms with Crippen molar-refractivity contribution in [2.24, 2.45) is 45.8 Å². The molecule has 1 saturated heterocycles. The monoisotopic (exact) mass is 427 g/mol. The molecule has 0 amide bonds. The number of allylic oxidation sites excluding steroid dienone is 1. The predicted molar refractivity (Wildman–Crippen MR) is 131 cm³/mol. The first-order chi connectivity index (χ1) is 14.5. The Balaban J connectivity index is 0.000000535. The van der Waals surface area contributed by atoms with Gasteiger partial charge in [0.1, 0.15) is 6.29 Å². The van der Waals surface area contributed by atoms with Gasteiger partial charge in [-0.25, -0.2) is 0 Å². The summed E-state index contributed by atoms with van der Waals surface area (Å²) in [4.78, 5) is 12.1. The molecular weight excluding hydrogens is 378 g/mol. The lowest BCUT2D eigenvalue weighted by Crippen LogP contribution is -2.66. The van der Waals surface area contributed by atoms with Crippen LogP contribution in [0.25, 0.3) is 0 Å². The highest BCUT2D eigenvalue weighted by molar-refractivity contribution is 5.61. The minimum Gasteiger partial charge on any atom is -0.311 e. The van der Waals surface area contributed by atoms with Gasteiger partial charge in [0.2, 0.25) is 0 Å². The van der Waals surface area contributed by atoms with Crippen LogP contribution < -0.4 is 5.32 Å². The number of nitrogens with one attached hydrogen (secondary N) is 1. The van der Waals surface area contributed by atoms with Crippen molar-refractivity contribution >= 4 is 6.29 Å². The van der Waals surface area contributed by atoms with Crippen LogP contribution in [0.1, 0.15) is 106 Å². The number of fused-ring (bicyclic) bond motifs is 7. The van der Waals surface area contributed by atoms with Crippen LogP contribution in [-0.4, -0.2) is 18.4 Å². The summed E-state index contributed by atoms with van der Waals surface area (Å²) in [6.45, 7) is 19.0. The quantitative estimate of drug-likeness (QED) is 0.354. The van der Waals surface area contributed by atoms with Gasteiger partial charge in [0.25, 0.3) is 0 Å². The summed E-state index contributed by atoms with van der Waals surface area (Å²) in [5, 5.41) is 3.85. The third kappa shape index (κ3) is 3.58. The lowest BCUT2D eigenvalue weighted by molar-refractivity contribution is -0.185. The Kier molecular flexibility index (Phi) is 6.07. The van der Waals surface area contributed by atoms with E-state index in [2.05, 4.69) is 39.6 Å². The Bertz CT molecular complexity index is 708. The van der Waals surface area contributed by atoms with Gasteiger partial charge < -0.3 is 10.1 Å². The number of carbonyl (C=O) groups is 1. The molecule has 1 N–H and O–H groups in total. The van der Waals surface area contributed by atoms with E-state index in [0.717, 1.165) is 23.7 Å². The van der Waals surface area contributed by atoms with E-state index < -0.39 is 0 Å². The molecule has 2 nitrogen and oxygen atoms in total. The second-order valence-corrected chi connectivity index (χ2v) is 13.5. The van der Waals surface area contributed by atoms with Crippen molar-refractivity contribution in [2.45, 2.75) is 111 Å². The molecular formula is C29H49NO. The number of carbonyl (C=O) groups excluding carboxylic acids is 1. The summed E-state index contributed by atoms with van der Waals surface area (Å²) < 4.78 is 0. The molecule has 0 radical (unpaired) electrons. The maximum atomic E-state index is 12.1. The highest BCUT2D eigenvalue weighted by Gasteiger charge is 2.65. The minimum absolute atomic E-state index is 0.0716. The molecule has 0 aromatic rings. The van der Waals surface area contributed by atoms with Crippen LogP contribution in [0.5, 0.6) is 0 Å². The molecule has 176 valence electrons. The van der Waals surface area contributed by atoms with Crippen molar-refractivity contribution in [2.75, 3.05) is 6.54 Å². The van der Waals surface area contributed by atoms with Crippen molar-refractivity contribution in [1.29, 1.82) is 0 Å². The molecule has 5 aliphatic rings. The molecule has 0 aromatic carbocycles. The molecule has 0 aromatic heterocycles. The van der Waals surface area contributed by atoms with E-state index in [4.69, 9.17) is 0 Å². The third-order valence-electron chi connectivity index (χ3n) is 11.2. The fourth-order valence-electron chi connectivity index (χ4n) is 10.1. The first-order valence-corrected chi connectivity index (χ1v) is 13.3. The van der Waals surface area contributed by atoms with Gasteiger partial charge in [-0.15, -0.1) is 6.58 Å². The molecule has 5 fully saturated rings. The lowest BCUT2D eigenvalue weighted by Gasteiger charge is -2.68. The molecule has 4 saturated carbocycles. The Morgan fingerprint density at radius 1 is 0.839 bits per heavy atom. The molecule has 7 unspecified atom stereocenters. The van der Waals surface area contributed by atoms with Gasteiger partial charge in [0.05, 0.1) is 0 Å². The molecule has 1 aliphatic heterocycles. The van der Waals surface area contributed by atoms with Crippen LogP contribution in [0.15, 0.2) is 12.2 Å². The third-order valence-corrected chi connectivity index (χ3v) is 11.2. The maximum absolute atomic E-state index is 12.1. The van der Waals surface area contributed by atoms with Gasteiger partial charge in [-0.05, 0) is 132 Å². The largest absolute Gasteiger partial charge is 0.311 e. The highest BCUT2D eigenvalue weighted by atomic mass is 16.1. The first kappa shape index (κ1) is 23.5. The Morgan fingerprint density at radius 2 is 1.55 bits per heavy atom. The Labute approximate surface area is 192 Å². The predicted octanol–water partition coefficient (Wildman–Crippen LogP) is 7.18. The van der Waals surface area contributed by atoms with Gasteiger partial charge in [-0.1, -0.05) is 25.8 Å². The van der Waals surface area contributed by atoms with E-state index in [0.29, 0.717) is 16.7 Å². The summed E-state index contributed by atoms with van der Waals surface area (Å²) >= 11 is 0. The number of rotatable bonds is 1. The van der Waals surface area contributed by atoms with Crippen LogP contribution in [0.3, 0.4) is 0 Å². The van der Waals surface area contributed by atoms with Gasteiger partial charge in [-0.3, -0.25) is 0 Å². The van der Waals surface area contributed by atoms with Gasteiger partial charge in [0, 0.05) is 11.0 Å². The van der Waals surface area contributed by atoms with Crippen LogP contribution in [-0.2, 0) is 4.79 Å². The second-order valence-electron chi connectivity index (χ2n) is 13.5. The number of piperidine rings is 1. The van der Waals surface area contributed by atoms with Gasteiger partial charge >= 0.3 is 0 Å². The zero-order valence-electron chi connectivity index (χ0n) is 21.4. The SMILES string of the molecule is C=C(C)C.CC1(C)NCCC2(C)C1CCC1(C)C3CCC4(C=O)CCC[C@@H]4C3CCC12. The average molecular weight is 428 g/mol. The molecule has 8 atom stereocenters. The minimum atomic E-state index is 0.0716. The van der Waals surface area contributed by atoms with E-state index in [-0.39, 0.29) is 11.0 Å². The molecule has 5 rings (SSSR count).